The second-order valence-corrected chi connectivity index (χ2v) is 10.3. The number of aryl methyl sites for hydroxylation is 2. The molecule has 2 amide bonds. The maximum absolute atomic E-state index is 13.4. The van der Waals surface area contributed by atoms with Crippen LogP contribution in [-0.2, 0) is 26.2 Å². The summed E-state index contributed by atoms with van der Waals surface area (Å²) in [7, 11) is -3.73. The summed E-state index contributed by atoms with van der Waals surface area (Å²) in [4.78, 5) is 27.6. The molecule has 0 unspecified atom stereocenters. The molecule has 8 heteroatoms. The molecule has 1 atom stereocenters. The molecule has 7 nitrogen and oxygen atoms in total. The van der Waals surface area contributed by atoms with Crippen molar-refractivity contribution >= 4 is 27.5 Å². The van der Waals surface area contributed by atoms with Gasteiger partial charge in [-0.1, -0.05) is 48.0 Å². The van der Waals surface area contributed by atoms with Crippen LogP contribution in [0.25, 0.3) is 0 Å². The average Bonchev–Trinajstić information content (AvgIpc) is 2.70. The number of carbonyl (C=O) groups excluding carboxylic acids is 2. The average molecular weight is 460 g/mol. The lowest BCUT2D eigenvalue weighted by Crippen LogP contribution is -2.52. The number of nitrogens with one attached hydrogen (secondary N) is 1. The van der Waals surface area contributed by atoms with Gasteiger partial charge >= 0.3 is 0 Å². The van der Waals surface area contributed by atoms with Crippen LogP contribution in [0.1, 0.15) is 37.5 Å². The molecule has 0 saturated carbocycles. The first-order chi connectivity index (χ1) is 14.9. The van der Waals surface area contributed by atoms with Crippen molar-refractivity contribution in [1.82, 2.24) is 10.2 Å². The molecular formula is C24H33N3O4S. The maximum atomic E-state index is 13.4. The molecule has 2 aromatic carbocycles. The maximum Gasteiger partial charge on any atom is 0.244 e. The number of amides is 2. The molecule has 0 heterocycles. The molecule has 0 bridgehead atoms. The number of benzene rings is 2. The second kappa shape index (κ2) is 10.6. The Bertz CT molecular complexity index is 1050. The number of carbonyl (C=O) groups is 2. The normalized spacial score (nSPS) is 12.3. The molecule has 0 aromatic heterocycles. The van der Waals surface area contributed by atoms with Crippen LogP contribution in [-0.4, -0.2) is 50.0 Å². The van der Waals surface area contributed by atoms with Crippen molar-refractivity contribution in [2.24, 2.45) is 0 Å². The minimum atomic E-state index is -3.73. The smallest absolute Gasteiger partial charge is 0.244 e. The van der Waals surface area contributed by atoms with Gasteiger partial charge in [0.05, 0.1) is 11.9 Å². The summed E-state index contributed by atoms with van der Waals surface area (Å²) in [5.41, 5.74) is 3.12. The summed E-state index contributed by atoms with van der Waals surface area (Å²) < 4.78 is 26.2. The van der Waals surface area contributed by atoms with E-state index in [0.717, 1.165) is 27.3 Å². The number of rotatable bonds is 9. The van der Waals surface area contributed by atoms with Gasteiger partial charge in [0.25, 0.3) is 0 Å². The molecule has 2 aromatic rings. The number of hydrogen-bond donors (Lipinski definition) is 1. The van der Waals surface area contributed by atoms with Gasteiger partial charge in [0.1, 0.15) is 12.6 Å². The van der Waals surface area contributed by atoms with Crippen molar-refractivity contribution < 1.29 is 18.0 Å². The van der Waals surface area contributed by atoms with Crippen LogP contribution >= 0.6 is 0 Å². The Labute approximate surface area is 191 Å². The van der Waals surface area contributed by atoms with Crippen molar-refractivity contribution in [3.05, 3.63) is 65.2 Å². The standard InChI is InChI=1S/C24H33N3O4S/c1-17(2)25-24(29)20(5)26(15-21-13-11-18(3)12-14-21)23(28)16-27(32(6,30)31)22-10-8-7-9-19(22)4/h7-14,17,20H,15-16H2,1-6H3,(H,25,29)/t20-/m0/s1. The van der Waals surface area contributed by atoms with Crippen molar-refractivity contribution in [2.45, 2.75) is 53.2 Å². The van der Waals surface area contributed by atoms with Crippen molar-refractivity contribution in [3.8, 4) is 0 Å². The lowest BCUT2D eigenvalue weighted by Gasteiger charge is -2.32. The third-order valence-electron chi connectivity index (χ3n) is 5.14. The predicted molar refractivity (Wildman–Crippen MR) is 128 cm³/mol. The van der Waals surface area contributed by atoms with Crippen molar-refractivity contribution in [1.29, 1.82) is 0 Å². The van der Waals surface area contributed by atoms with E-state index in [-0.39, 0.29) is 18.5 Å². The van der Waals surface area contributed by atoms with Crippen LogP contribution in [0.5, 0.6) is 0 Å². The van der Waals surface area contributed by atoms with Gasteiger partial charge in [-0.05, 0) is 51.8 Å². The van der Waals surface area contributed by atoms with Gasteiger partial charge in [0, 0.05) is 12.6 Å². The van der Waals surface area contributed by atoms with E-state index in [2.05, 4.69) is 5.32 Å². The van der Waals surface area contributed by atoms with E-state index in [4.69, 9.17) is 0 Å². The predicted octanol–water partition coefficient (Wildman–Crippen LogP) is 3.01. The zero-order valence-corrected chi connectivity index (χ0v) is 20.4. The van der Waals surface area contributed by atoms with Gasteiger partial charge in [-0.2, -0.15) is 0 Å². The Morgan fingerprint density at radius 1 is 0.969 bits per heavy atom. The van der Waals surface area contributed by atoms with Crippen LogP contribution in [0, 0.1) is 13.8 Å². The fraction of sp³-hybridized carbons (Fsp3) is 0.417. The molecule has 0 aliphatic heterocycles. The molecule has 0 saturated heterocycles. The van der Waals surface area contributed by atoms with Crippen LogP contribution < -0.4 is 9.62 Å². The number of sulfonamides is 1. The third-order valence-corrected chi connectivity index (χ3v) is 6.26. The summed E-state index contributed by atoms with van der Waals surface area (Å²) in [6.07, 6.45) is 1.08. The highest BCUT2D eigenvalue weighted by Crippen LogP contribution is 2.23. The topological polar surface area (TPSA) is 86.8 Å². The van der Waals surface area contributed by atoms with Gasteiger partial charge in [0.15, 0.2) is 0 Å². The Morgan fingerprint density at radius 3 is 2.09 bits per heavy atom. The van der Waals surface area contributed by atoms with Crippen molar-refractivity contribution in [2.75, 3.05) is 17.1 Å². The van der Waals surface area contributed by atoms with E-state index < -0.39 is 28.5 Å². The monoisotopic (exact) mass is 459 g/mol. The molecule has 32 heavy (non-hydrogen) atoms. The van der Waals surface area contributed by atoms with E-state index in [9.17, 15) is 18.0 Å². The fourth-order valence-corrected chi connectivity index (χ4v) is 4.22. The molecule has 0 fully saturated rings. The van der Waals surface area contributed by atoms with Gasteiger partial charge < -0.3 is 10.2 Å². The van der Waals surface area contributed by atoms with E-state index in [1.165, 1.54) is 4.90 Å². The molecule has 2 rings (SSSR count). The molecule has 0 aliphatic carbocycles. The SMILES string of the molecule is Cc1ccc(CN(C(=O)CN(c2ccccc2C)S(C)(=O)=O)[C@@H](C)C(=O)NC(C)C)cc1. The number of anilines is 1. The van der Waals surface area contributed by atoms with Gasteiger partial charge in [-0.3, -0.25) is 13.9 Å². The van der Waals surface area contributed by atoms with Crippen LogP contribution in [0.2, 0.25) is 0 Å². The van der Waals surface area contributed by atoms with Gasteiger partial charge in [-0.25, -0.2) is 8.42 Å². The molecule has 0 aliphatic rings. The molecule has 0 radical (unpaired) electrons. The Hall–Kier alpha value is -2.87. The van der Waals surface area contributed by atoms with Gasteiger partial charge in [0.2, 0.25) is 21.8 Å². The first-order valence-electron chi connectivity index (χ1n) is 10.6. The second-order valence-electron chi connectivity index (χ2n) is 8.40. The van der Waals surface area contributed by atoms with E-state index in [0.29, 0.717) is 5.69 Å². The van der Waals surface area contributed by atoms with Crippen LogP contribution in [0.15, 0.2) is 48.5 Å². The number of hydrogen-bond acceptors (Lipinski definition) is 4. The summed E-state index contributed by atoms with van der Waals surface area (Å²) in [5, 5.41) is 2.83. The first kappa shape index (κ1) is 25.4. The molecule has 1 N–H and O–H groups in total. The largest absolute Gasteiger partial charge is 0.352 e. The Balaban J connectivity index is 2.39. The minimum absolute atomic E-state index is 0.0826. The Morgan fingerprint density at radius 2 is 1.56 bits per heavy atom. The summed E-state index contributed by atoms with van der Waals surface area (Å²) in [6, 6.07) is 13.8. The number of nitrogens with zero attached hydrogens (tertiary/aromatic N) is 2. The van der Waals surface area contributed by atoms with E-state index >= 15 is 0 Å². The highest BCUT2D eigenvalue weighted by Gasteiger charge is 2.30. The highest BCUT2D eigenvalue weighted by atomic mass is 32.2. The van der Waals surface area contributed by atoms with Crippen molar-refractivity contribution in [3.63, 3.8) is 0 Å². The fourth-order valence-electron chi connectivity index (χ4n) is 3.32. The summed E-state index contributed by atoms with van der Waals surface area (Å²) in [6.45, 7) is 8.91. The van der Waals surface area contributed by atoms with Crippen LogP contribution in [0.4, 0.5) is 5.69 Å². The molecule has 174 valence electrons. The zero-order valence-electron chi connectivity index (χ0n) is 19.6. The van der Waals surface area contributed by atoms with Crippen LogP contribution in [0.3, 0.4) is 0 Å². The summed E-state index contributed by atoms with van der Waals surface area (Å²) >= 11 is 0. The highest BCUT2D eigenvalue weighted by molar-refractivity contribution is 7.92. The van der Waals surface area contributed by atoms with Gasteiger partial charge in [-0.15, -0.1) is 0 Å². The quantitative estimate of drug-likeness (QED) is 0.625. The Kier molecular flexibility index (Phi) is 8.44. The number of para-hydroxylation sites is 1. The summed E-state index contributed by atoms with van der Waals surface area (Å²) in [5.74, 6) is -0.743. The van der Waals surface area contributed by atoms with E-state index in [1.807, 2.05) is 51.1 Å². The minimum Gasteiger partial charge on any atom is -0.352 e. The lowest BCUT2D eigenvalue weighted by atomic mass is 10.1. The molecular weight excluding hydrogens is 426 g/mol. The first-order valence-corrected chi connectivity index (χ1v) is 12.4. The third kappa shape index (κ3) is 6.82. The van der Waals surface area contributed by atoms with E-state index in [1.54, 1.807) is 32.0 Å². The lowest BCUT2D eigenvalue weighted by molar-refractivity contribution is -0.139. The molecule has 0 spiro atoms. The zero-order chi connectivity index (χ0) is 24.1.